The van der Waals surface area contributed by atoms with E-state index in [9.17, 15) is 18.5 Å². The number of amides is 1. The van der Waals surface area contributed by atoms with Crippen LogP contribution in [0.25, 0.3) is 0 Å². The van der Waals surface area contributed by atoms with Crippen molar-refractivity contribution in [3.8, 4) is 6.07 Å². The fourth-order valence-corrected chi connectivity index (χ4v) is 7.34. The summed E-state index contributed by atoms with van der Waals surface area (Å²) in [5.74, 6) is 1.43. The first-order chi connectivity index (χ1) is 17.3. The largest absolute Gasteiger partial charge is 0.350 e. The second kappa shape index (κ2) is 8.38. The van der Waals surface area contributed by atoms with Crippen LogP contribution in [0.15, 0.2) is 18.6 Å². The summed E-state index contributed by atoms with van der Waals surface area (Å²) in [6, 6.07) is 3.85. The van der Waals surface area contributed by atoms with Gasteiger partial charge in [0.05, 0.1) is 17.6 Å². The Kier molecular flexibility index (Phi) is 5.75. The Balaban J connectivity index is 1.47. The highest BCUT2D eigenvalue weighted by Gasteiger charge is 2.57. The zero-order chi connectivity index (χ0) is 26.9. The van der Waals surface area contributed by atoms with E-state index < -0.39 is 14.6 Å². The first-order valence-electron chi connectivity index (χ1n) is 12.6. The van der Waals surface area contributed by atoms with E-state index in [1.165, 1.54) is 0 Å². The number of anilines is 3. The summed E-state index contributed by atoms with van der Waals surface area (Å²) >= 11 is 0. The molecule has 0 aliphatic carbocycles. The zero-order valence-corrected chi connectivity index (χ0v) is 23.0. The highest BCUT2D eigenvalue weighted by molar-refractivity contribution is 7.95. The van der Waals surface area contributed by atoms with Crippen molar-refractivity contribution in [3.63, 3.8) is 0 Å². The maximum Gasteiger partial charge on any atom is 0.244 e. The summed E-state index contributed by atoms with van der Waals surface area (Å²) in [7, 11) is -3.39. The maximum atomic E-state index is 13.4. The highest BCUT2D eigenvalue weighted by Crippen LogP contribution is 2.47. The monoisotopic (exact) mass is 523 g/mol. The van der Waals surface area contributed by atoms with Crippen molar-refractivity contribution >= 4 is 33.1 Å². The number of aromatic nitrogens is 3. The number of hydrogen-bond acceptors (Lipinski definition) is 9. The molecule has 0 spiro atoms. The van der Waals surface area contributed by atoms with Gasteiger partial charge in [-0.2, -0.15) is 5.26 Å². The van der Waals surface area contributed by atoms with Gasteiger partial charge in [0, 0.05) is 42.7 Å². The lowest BCUT2D eigenvalue weighted by Gasteiger charge is -2.49. The number of fused-ring (bicyclic) bond motifs is 1. The fourth-order valence-electron chi connectivity index (χ4n) is 5.81. The molecule has 37 heavy (non-hydrogen) atoms. The first-order valence-corrected chi connectivity index (χ1v) is 14.3. The highest BCUT2D eigenvalue weighted by atomic mass is 32.2. The molecule has 11 heteroatoms. The molecule has 10 nitrogen and oxygen atoms in total. The van der Waals surface area contributed by atoms with E-state index in [1.54, 1.807) is 24.3 Å². The van der Waals surface area contributed by atoms with Gasteiger partial charge in [-0.1, -0.05) is 13.8 Å². The molecule has 2 aromatic rings. The van der Waals surface area contributed by atoms with E-state index in [1.807, 2.05) is 26.8 Å². The Morgan fingerprint density at radius 3 is 2.41 bits per heavy atom. The topological polar surface area (TPSA) is 123 Å². The lowest BCUT2D eigenvalue weighted by molar-refractivity contribution is -0.137. The molecule has 0 radical (unpaired) electrons. The average molecular weight is 524 g/mol. The average Bonchev–Trinajstić information content (AvgIpc) is 3.14. The molecule has 3 aliphatic rings. The van der Waals surface area contributed by atoms with E-state index in [2.05, 4.69) is 39.7 Å². The SMILES string of the molecule is Cc1cc(N2CC(C)(C)c3c2ncnc3N2C[C@@H](C)N(C(=O)C3(C)CCS3(=O)=O)C[C@@H]2C)cnc1C#N. The molecular weight excluding hydrogens is 490 g/mol. The molecule has 2 fully saturated rings. The third-order valence-corrected chi connectivity index (χ3v) is 10.8. The summed E-state index contributed by atoms with van der Waals surface area (Å²) in [4.78, 5) is 33.1. The molecule has 5 heterocycles. The van der Waals surface area contributed by atoms with Crippen molar-refractivity contribution in [2.75, 3.05) is 35.2 Å². The van der Waals surface area contributed by atoms with Crippen molar-refractivity contribution in [1.82, 2.24) is 19.9 Å². The summed E-state index contributed by atoms with van der Waals surface area (Å²) < 4.78 is 23.5. The van der Waals surface area contributed by atoms with Crippen molar-refractivity contribution in [3.05, 3.63) is 35.4 Å². The van der Waals surface area contributed by atoms with Crippen LogP contribution in [0.3, 0.4) is 0 Å². The van der Waals surface area contributed by atoms with E-state index in [0.29, 0.717) is 31.7 Å². The zero-order valence-electron chi connectivity index (χ0n) is 22.2. The normalized spacial score (nSPS) is 27.9. The van der Waals surface area contributed by atoms with Crippen molar-refractivity contribution < 1.29 is 13.2 Å². The standard InChI is InChI=1S/C26H33N7O3S/c1-16-9-19(11-28-20(16)10-27)33-14-25(4,5)21-22(29-15-30-23(21)33)31-12-18(3)32(13-17(31)2)24(34)26(6)7-8-37(26,35)36/h9,11,15,17-18H,7-8,12-14H2,1-6H3/t17-,18+,26?/m0/s1. The van der Waals surface area contributed by atoms with Crippen LogP contribution in [0.4, 0.5) is 17.3 Å². The fraction of sp³-hybridized carbons (Fsp3) is 0.577. The molecule has 0 bridgehead atoms. The van der Waals surface area contributed by atoms with E-state index in [-0.39, 0.29) is 29.2 Å². The summed E-state index contributed by atoms with van der Waals surface area (Å²) in [5, 5.41) is 9.28. The summed E-state index contributed by atoms with van der Waals surface area (Å²) in [5.41, 5.74) is 2.86. The number of pyridine rings is 1. The van der Waals surface area contributed by atoms with Crippen LogP contribution in [0.1, 0.15) is 57.9 Å². The minimum Gasteiger partial charge on any atom is -0.350 e. The molecule has 2 aromatic heterocycles. The van der Waals surface area contributed by atoms with E-state index in [0.717, 1.165) is 28.5 Å². The van der Waals surface area contributed by atoms with Gasteiger partial charge < -0.3 is 14.7 Å². The molecule has 1 amide bonds. The molecule has 0 saturated carbocycles. The third-order valence-electron chi connectivity index (χ3n) is 8.28. The first kappa shape index (κ1) is 25.4. The lowest BCUT2D eigenvalue weighted by atomic mass is 9.87. The van der Waals surface area contributed by atoms with Gasteiger partial charge in [-0.25, -0.2) is 23.4 Å². The van der Waals surface area contributed by atoms with Crippen LogP contribution in [0, 0.1) is 18.3 Å². The Morgan fingerprint density at radius 2 is 1.81 bits per heavy atom. The smallest absolute Gasteiger partial charge is 0.244 e. The van der Waals surface area contributed by atoms with Crippen molar-refractivity contribution in [1.29, 1.82) is 5.26 Å². The quantitative estimate of drug-likeness (QED) is 0.597. The minimum atomic E-state index is -3.39. The molecule has 0 aromatic carbocycles. The number of nitrogens with zero attached hydrogens (tertiary/aromatic N) is 7. The molecule has 196 valence electrons. The predicted molar refractivity (Wildman–Crippen MR) is 141 cm³/mol. The molecule has 0 N–H and O–H groups in total. The van der Waals surface area contributed by atoms with Crippen molar-refractivity contribution in [2.24, 2.45) is 0 Å². The van der Waals surface area contributed by atoms with Gasteiger partial charge >= 0.3 is 0 Å². The van der Waals surface area contributed by atoms with Crippen molar-refractivity contribution in [2.45, 2.75) is 70.2 Å². The Bertz CT molecular complexity index is 1430. The second-order valence-corrected chi connectivity index (χ2v) is 14.0. The minimum absolute atomic E-state index is 0.0609. The number of hydrogen-bond donors (Lipinski definition) is 0. The lowest BCUT2D eigenvalue weighted by Crippen LogP contribution is -2.66. The van der Waals surface area contributed by atoms with Crippen LogP contribution in [0.5, 0.6) is 0 Å². The third kappa shape index (κ3) is 3.76. The van der Waals surface area contributed by atoms with Gasteiger partial charge in [0.2, 0.25) is 5.91 Å². The molecule has 2 saturated heterocycles. The Labute approximate surface area is 218 Å². The molecule has 5 rings (SSSR count). The van der Waals surface area contributed by atoms with Gasteiger partial charge in [-0.05, 0) is 45.7 Å². The summed E-state index contributed by atoms with van der Waals surface area (Å²) in [6.07, 6.45) is 3.66. The van der Waals surface area contributed by atoms with E-state index in [4.69, 9.17) is 4.98 Å². The maximum absolute atomic E-state index is 13.4. The Morgan fingerprint density at radius 1 is 1.11 bits per heavy atom. The number of aryl methyl sites for hydroxylation is 1. The Hall–Kier alpha value is -3.26. The van der Waals surface area contributed by atoms with Crippen LogP contribution in [-0.4, -0.2) is 76.4 Å². The van der Waals surface area contributed by atoms with Gasteiger partial charge in [0.1, 0.15) is 34.5 Å². The van der Waals surface area contributed by atoms with Crippen LogP contribution < -0.4 is 9.80 Å². The van der Waals surface area contributed by atoms with Gasteiger partial charge in [-0.15, -0.1) is 0 Å². The summed E-state index contributed by atoms with van der Waals surface area (Å²) in [6.45, 7) is 13.4. The second-order valence-electron chi connectivity index (χ2n) is 11.4. The molecular formula is C26H33N7O3S. The number of piperazine rings is 1. The van der Waals surface area contributed by atoms with Crippen LogP contribution >= 0.6 is 0 Å². The number of sulfone groups is 1. The predicted octanol–water partition coefficient (Wildman–Crippen LogP) is 2.48. The molecule has 3 atom stereocenters. The number of carbonyl (C=O) groups excluding carboxylic acids is 1. The van der Waals surface area contributed by atoms with Crippen LogP contribution in [-0.2, 0) is 20.0 Å². The number of rotatable bonds is 3. The van der Waals surface area contributed by atoms with Gasteiger partial charge in [-0.3, -0.25) is 4.79 Å². The van der Waals surface area contributed by atoms with Gasteiger partial charge in [0.25, 0.3) is 0 Å². The van der Waals surface area contributed by atoms with Gasteiger partial charge in [0.15, 0.2) is 9.84 Å². The number of carbonyl (C=O) groups is 1. The molecule has 3 aliphatic heterocycles. The number of nitriles is 1. The van der Waals surface area contributed by atoms with Crippen LogP contribution in [0.2, 0.25) is 0 Å². The molecule has 1 unspecified atom stereocenters. The van der Waals surface area contributed by atoms with E-state index >= 15 is 0 Å².